The molecule has 9 nitrogen and oxygen atoms in total. The van der Waals surface area contributed by atoms with Crippen LogP contribution in [0.5, 0.6) is 11.5 Å². The fraction of sp³-hybridized carbons (Fsp3) is 0.257. The zero-order chi connectivity index (χ0) is 31.5. The summed E-state index contributed by atoms with van der Waals surface area (Å²) >= 11 is 0. The van der Waals surface area contributed by atoms with Crippen LogP contribution in [0.1, 0.15) is 23.9 Å². The predicted molar refractivity (Wildman–Crippen MR) is 172 cm³/mol. The molecule has 1 aliphatic carbocycles. The average Bonchev–Trinajstić information content (AvgIpc) is 3.46. The lowest BCUT2D eigenvalue weighted by Crippen LogP contribution is -2.41. The molecule has 7 rings (SSSR count). The van der Waals surface area contributed by atoms with Gasteiger partial charge in [0, 0.05) is 71.5 Å². The van der Waals surface area contributed by atoms with Crippen molar-refractivity contribution in [1.82, 2.24) is 20.3 Å². The highest BCUT2D eigenvalue weighted by Crippen LogP contribution is 2.43. The molecule has 3 aliphatic rings. The summed E-state index contributed by atoms with van der Waals surface area (Å²) < 4.78 is 47.8. The van der Waals surface area contributed by atoms with Crippen molar-refractivity contribution in [2.75, 3.05) is 38.2 Å². The molecule has 2 aromatic carbocycles. The lowest BCUT2D eigenvalue weighted by molar-refractivity contribution is 0.000220. The van der Waals surface area contributed by atoms with Crippen molar-refractivity contribution in [3.8, 4) is 11.5 Å². The van der Waals surface area contributed by atoms with Crippen molar-refractivity contribution in [2.24, 2.45) is 10.9 Å². The summed E-state index contributed by atoms with van der Waals surface area (Å²) in [5.74, 6) is -0.269. The number of ether oxygens (including phenoxy) is 3. The fourth-order valence-corrected chi connectivity index (χ4v) is 5.79. The molecule has 1 saturated heterocycles. The number of aromatic nitrogens is 3. The second-order valence-corrected chi connectivity index (χ2v) is 11.1. The molecule has 1 fully saturated rings. The molecule has 2 unspecified atom stereocenters. The third-order valence-electron chi connectivity index (χ3n) is 7.98. The maximum Gasteiger partial charge on any atom is 0.180 e. The Hall–Kier alpha value is -5.00. The molecule has 0 amide bonds. The molecule has 2 atom stereocenters. The Bertz CT molecular complexity index is 1820. The number of hydrogen-bond acceptors (Lipinski definition) is 9. The standard InChI is InChI=1S/C35H32F2N6O3/c1-2-44-24-16-29(36)28(30(37)17-24)14-21-13-22(15-27-26-5-3-4-6-31(26)42-33(21)27)34-40-19-32(46-20-25-18-39-11-12-45-25)35(43-34)41-23-7-9-38-10-8-23/h3-10,13,15-17,19,21,25,39H,2,11-12,14,18,20H2,1H3,(H,38,40,41,43). The van der Waals surface area contributed by atoms with E-state index in [1.54, 1.807) is 25.5 Å². The number of fused-ring (bicyclic) bond motifs is 3. The van der Waals surface area contributed by atoms with Crippen LogP contribution in [0.4, 0.5) is 26.0 Å². The van der Waals surface area contributed by atoms with Crippen molar-refractivity contribution in [2.45, 2.75) is 19.4 Å². The van der Waals surface area contributed by atoms with E-state index in [9.17, 15) is 0 Å². The Morgan fingerprint density at radius 3 is 2.67 bits per heavy atom. The number of nitrogens with zero attached hydrogens (tertiary/aromatic N) is 4. The monoisotopic (exact) mass is 622 g/mol. The SMILES string of the molecule is CCOc1cc(F)c(CC2C=C(c3ncc(OCC4CNCCO4)c(Nc4ccncc4)n3)C=C3C2=Nc2ccccc23)c(F)c1. The van der Waals surface area contributed by atoms with Gasteiger partial charge in [-0.15, -0.1) is 0 Å². The molecule has 2 aromatic heterocycles. The summed E-state index contributed by atoms with van der Waals surface area (Å²) in [5.41, 5.74) is 4.81. The van der Waals surface area contributed by atoms with Gasteiger partial charge in [0.2, 0.25) is 0 Å². The van der Waals surface area contributed by atoms with Crippen molar-refractivity contribution in [1.29, 1.82) is 0 Å². The van der Waals surface area contributed by atoms with Crippen molar-refractivity contribution in [3.63, 3.8) is 0 Å². The summed E-state index contributed by atoms with van der Waals surface area (Å²) in [6.45, 7) is 4.52. The summed E-state index contributed by atoms with van der Waals surface area (Å²) in [5, 5.41) is 6.63. The Morgan fingerprint density at radius 1 is 1.07 bits per heavy atom. The molecular formula is C35H32F2N6O3. The van der Waals surface area contributed by atoms with E-state index < -0.39 is 17.6 Å². The lowest BCUT2D eigenvalue weighted by atomic mass is 9.82. The van der Waals surface area contributed by atoms with E-state index in [1.807, 2.05) is 48.6 Å². The first-order valence-electron chi connectivity index (χ1n) is 15.3. The number of morpholine rings is 1. The van der Waals surface area contributed by atoms with Crippen molar-refractivity contribution < 1.29 is 23.0 Å². The normalized spacial score (nSPS) is 18.5. The summed E-state index contributed by atoms with van der Waals surface area (Å²) in [4.78, 5) is 18.6. The third-order valence-corrected chi connectivity index (χ3v) is 7.98. The van der Waals surface area contributed by atoms with Crippen LogP contribution in [0.15, 0.2) is 84.3 Å². The lowest BCUT2D eigenvalue weighted by Gasteiger charge is -2.24. The Labute approximate surface area is 265 Å². The second-order valence-electron chi connectivity index (χ2n) is 11.1. The summed E-state index contributed by atoms with van der Waals surface area (Å²) in [6.07, 6.45) is 8.87. The third kappa shape index (κ3) is 6.24. The molecule has 234 valence electrons. The molecule has 0 radical (unpaired) electrons. The van der Waals surface area contributed by atoms with E-state index in [-0.39, 0.29) is 23.8 Å². The first kappa shape index (κ1) is 29.7. The van der Waals surface area contributed by atoms with Gasteiger partial charge >= 0.3 is 0 Å². The molecule has 0 saturated carbocycles. The first-order valence-corrected chi connectivity index (χ1v) is 15.3. The zero-order valence-electron chi connectivity index (χ0n) is 25.2. The van der Waals surface area contributed by atoms with E-state index in [4.69, 9.17) is 24.2 Å². The molecule has 4 aromatic rings. The number of anilines is 2. The van der Waals surface area contributed by atoms with Crippen LogP contribution in [0.3, 0.4) is 0 Å². The van der Waals surface area contributed by atoms with Crippen molar-refractivity contribution in [3.05, 3.63) is 108 Å². The van der Waals surface area contributed by atoms with Crippen LogP contribution in [0.25, 0.3) is 11.1 Å². The van der Waals surface area contributed by atoms with E-state index in [1.165, 1.54) is 12.1 Å². The molecule has 46 heavy (non-hydrogen) atoms. The van der Waals surface area contributed by atoms with Crippen LogP contribution in [-0.4, -0.2) is 59.7 Å². The number of nitrogens with one attached hydrogen (secondary N) is 2. The smallest absolute Gasteiger partial charge is 0.180 e. The van der Waals surface area contributed by atoms with Crippen molar-refractivity contribution >= 4 is 34.1 Å². The number of rotatable bonds is 10. The molecular weight excluding hydrogens is 590 g/mol. The second kappa shape index (κ2) is 13.2. The van der Waals surface area contributed by atoms with Crippen LogP contribution in [0, 0.1) is 17.6 Å². The zero-order valence-corrected chi connectivity index (χ0v) is 25.2. The van der Waals surface area contributed by atoms with Gasteiger partial charge < -0.3 is 24.8 Å². The highest BCUT2D eigenvalue weighted by Gasteiger charge is 2.32. The number of benzene rings is 2. The number of halogens is 2. The van der Waals surface area contributed by atoms with E-state index in [0.29, 0.717) is 49.3 Å². The fourth-order valence-electron chi connectivity index (χ4n) is 5.79. The Kier molecular flexibility index (Phi) is 8.49. The highest BCUT2D eigenvalue weighted by molar-refractivity contribution is 6.33. The highest BCUT2D eigenvalue weighted by atomic mass is 19.1. The van der Waals surface area contributed by atoms with Crippen LogP contribution in [0.2, 0.25) is 0 Å². The minimum absolute atomic E-state index is 0.0342. The molecule has 2 aliphatic heterocycles. The maximum absolute atomic E-state index is 15.3. The van der Waals surface area contributed by atoms with E-state index >= 15 is 8.78 Å². The van der Waals surface area contributed by atoms with E-state index in [0.717, 1.165) is 34.8 Å². The largest absolute Gasteiger partial charge is 0.494 e. The number of pyridine rings is 1. The summed E-state index contributed by atoms with van der Waals surface area (Å²) in [6, 6.07) is 13.9. The van der Waals surface area contributed by atoms with Gasteiger partial charge in [0.1, 0.15) is 30.1 Å². The van der Waals surface area contributed by atoms with Gasteiger partial charge in [0.05, 0.1) is 30.8 Å². The predicted octanol–water partition coefficient (Wildman–Crippen LogP) is 6.08. The summed E-state index contributed by atoms with van der Waals surface area (Å²) in [7, 11) is 0. The first-order chi connectivity index (χ1) is 22.6. The van der Waals surface area contributed by atoms with Gasteiger partial charge in [0.15, 0.2) is 17.4 Å². The Morgan fingerprint density at radius 2 is 1.89 bits per heavy atom. The van der Waals surface area contributed by atoms with Gasteiger partial charge in [-0.1, -0.05) is 24.3 Å². The van der Waals surface area contributed by atoms with Crippen LogP contribution >= 0.6 is 0 Å². The quantitative estimate of drug-likeness (QED) is 0.219. The van der Waals surface area contributed by atoms with Gasteiger partial charge in [-0.2, -0.15) is 0 Å². The average molecular weight is 623 g/mol. The Balaban J connectivity index is 1.26. The number of hydrogen-bond donors (Lipinski definition) is 2. The van der Waals surface area contributed by atoms with Gasteiger partial charge in [-0.25, -0.2) is 18.7 Å². The molecule has 11 heteroatoms. The van der Waals surface area contributed by atoms with Gasteiger partial charge in [-0.05, 0) is 37.6 Å². The van der Waals surface area contributed by atoms with Crippen LogP contribution < -0.4 is 20.1 Å². The van der Waals surface area contributed by atoms with Gasteiger partial charge in [0.25, 0.3) is 0 Å². The number of allylic oxidation sites excluding steroid dienone is 4. The van der Waals surface area contributed by atoms with Gasteiger partial charge in [-0.3, -0.25) is 9.98 Å². The minimum Gasteiger partial charge on any atom is -0.494 e. The van der Waals surface area contributed by atoms with Crippen LogP contribution in [-0.2, 0) is 11.2 Å². The molecule has 0 spiro atoms. The molecule has 2 N–H and O–H groups in total. The molecule has 0 bridgehead atoms. The minimum atomic E-state index is -0.663. The number of aliphatic imine (C=N–C) groups is 1. The molecule has 4 heterocycles. The maximum atomic E-state index is 15.3. The van der Waals surface area contributed by atoms with E-state index in [2.05, 4.69) is 20.6 Å². The topological polar surface area (TPSA) is 103 Å². The number of para-hydroxylation sites is 1.